The third-order valence-electron chi connectivity index (χ3n) is 12.3. The molecule has 1 aromatic carbocycles. The zero-order valence-electron chi connectivity index (χ0n) is 47.1. The van der Waals surface area contributed by atoms with Gasteiger partial charge in [-0.05, 0) is 50.2 Å². The predicted molar refractivity (Wildman–Crippen MR) is 291 cm³/mol. The van der Waals surface area contributed by atoms with Crippen molar-refractivity contribution >= 4 is 62.9 Å². The summed E-state index contributed by atoms with van der Waals surface area (Å²) < 4.78 is 151. The van der Waals surface area contributed by atoms with E-state index in [1.807, 2.05) is 24.0 Å². The average Bonchev–Trinajstić information content (AvgIpc) is 3.78. The summed E-state index contributed by atoms with van der Waals surface area (Å²) in [5, 5.41) is 3.98. The van der Waals surface area contributed by atoms with Gasteiger partial charge in [0.2, 0.25) is 23.3 Å². The third kappa shape index (κ3) is 25.5. The number of amides is 3. The molecule has 2 aliphatic heterocycles. The van der Waals surface area contributed by atoms with Crippen LogP contribution < -0.4 is 15.8 Å². The van der Waals surface area contributed by atoms with Gasteiger partial charge in [0.1, 0.15) is 11.9 Å². The lowest BCUT2D eigenvalue weighted by molar-refractivity contribution is -0.181. The van der Waals surface area contributed by atoms with Gasteiger partial charge in [-0.1, -0.05) is 6.92 Å². The van der Waals surface area contributed by atoms with Crippen LogP contribution in [0.4, 0.5) is 28.0 Å². The summed E-state index contributed by atoms with van der Waals surface area (Å²) in [7, 11) is -5.65. The van der Waals surface area contributed by atoms with Crippen molar-refractivity contribution in [2.75, 3.05) is 165 Å². The van der Waals surface area contributed by atoms with Crippen LogP contribution in [0.3, 0.4) is 0 Å². The Kier molecular flexibility index (Phi) is 32.3. The maximum absolute atomic E-state index is 14.0. The van der Waals surface area contributed by atoms with Crippen LogP contribution in [-0.4, -0.2) is 224 Å². The SMILES string of the molecule is CCCN(OCCNC(=O)OC1CCC1)C(=O)C1=Cc2sc(CC3CN(C(=O)CCOCCOCCOCCOCCOCCOCCOCCOCCOCCOCCC(=O)Oc4c(F)c(F)c(S(=O)(=O)O)c(F)c4F)C3)cc2N=C(N)C1. The number of halogens is 4. The molecule has 1 aromatic heterocycles. The second-order valence-corrected chi connectivity index (χ2v) is 21.4. The summed E-state index contributed by atoms with van der Waals surface area (Å²) in [6.45, 7) is 9.81. The van der Waals surface area contributed by atoms with Gasteiger partial charge in [-0.25, -0.2) is 23.6 Å². The van der Waals surface area contributed by atoms with Gasteiger partial charge >= 0.3 is 22.2 Å². The lowest BCUT2D eigenvalue weighted by Gasteiger charge is -2.39. The van der Waals surface area contributed by atoms with Crippen LogP contribution in [0.5, 0.6) is 5.75 Å². The van der Waals surface area contributed by atoms with Gasteiger partial charge in [-0.2, -0.15) is 17.2 Å². The Morgan fingerprint density at radius 1 is 0.714 bits per heavy atom. The molecule has 2 aromatic rings. The highest BCUT2D eigenvalue weighted by Crippen LogP contribution is 2.37. The van der Waals surface area contributed by atoms with Crippen LogP contribution >= 0.6 is 11.3 Å². The monoisotopic (exact) mass is 1240 g/mol. The van der Waals surface area contributed by atoms with Crippen molar-refractivity contribution < 1.29 is 111 Å². The molecule has 4 N–H and O–H groups in total. The molecule has 1 saturated heterocycles. The number of fused-ring (bicyclic) bond motifs is 1. The van der Waals surface area contributed by atoms with E-state index in [0.29, 0.717) is 142 Å². The second kappa shape index (κ2) is 38.9. The number of nitrogens with one attached hydrogen (secondary N) is 1. The highest BCUT2D eigenvalue weighted by molar-refractivity contribution is 7.85. The van der Waals surface area contributed by atoms with Crippen molar-refractivity contribution in [1.29, 1.82) is 0 Å². The Morgan fingerprint density at radius 2 is 1.19 bits per heavy atom. The molecule has 1 saturated carbocycles. The number of esters is 1. The topological polar surface area (TPSA) is 300 Å². The van der Waals surface area contributed by atoms with Crippen molar-refractivity contribution in [1.82, 2.24) is 15.3 Å². The molecule has 5 rings (SSSR count). The molecule has 3 amide bonds. The standard InChI is InChI=1S/C53H77F4N5O20S2/c1-2-9-62(80-12-8-59-53(66)81-39-4-3-5-39)52(65)38-32-42-41(60-43(58)33-38)34-40(83-42)31-37-35-61(36-37)44(63)6-10-70-13-15-72-17-19-74-21-23-76-25-27-78-29-30-79-28-26-77-24-22-75-20-18-73-16-14-71-11-7-45(64)82-50-46(54)48(56)51(84(67,68)69)49(57)47(50)55/h32,34,37,39H,2-31,33,35-36H2,1H3,(H2,58,60)(H,59,66)(H,67,68,69). The zero-order valence-corrected chi connectivity index (χ0v) is 48.7. The molecule has 0 bridgehead atoms. The molecule has 474 valence electrons. The van der Waals surface area contributed by atoms with Crippen LogP contribution in [0, 0.1) is 29.2 Å². The number of alkyl carbamates (subject to hydrolysis) is 1. The van der Waals surface area contributed by atoms with E-state index in [9.17, 15) is 45.2 Å². The van der Waals surface area contributed by atoms with E-state index in [-0.39, 0.29) is 76.9 Å². The molecular weight excluding hydrogens is 1170 g/mol. The molecule has 0 radical (unpaired) electrons. The van der Waals surface area contributed by atoms with Crippen molar-refractivity contribution in [2.24, 2.45) is 16.6 Å². The van der Waals surface area contributed by atoms with Gasteiger partial charge in [0.05, 0.1) is 162 Å². The van der Waals surface area contributed by atoms with Gasteiger partial charge < -0.3 is 72.8 Å². The first-order valence-electron chi connectivity index (χ1n) is 27.7. The molecule has 0 spiro atoms. The van der Waals surface area contributed by atoms with Crippen molar-refractivity contribution in [3.63, 3.8) is 0 Å². The third-order valence-corrected chi connectivity index (χ3v) is 14.3. The quantitative estimate of drug-likeness (QED) is 0.0158. The largest absolute Gasteiger partial charge is 0.446 e. The Bertz CT molecular complexity index is 2510. The minimum absolute atomic E-state index is 0.0157. The predicted octanol–water partition coefficient (Wildman–Crippen LogP) is 4.33. The number of nitrogens with two attached hydrogens (primary N) is 1. The van der Waals surface area contributed by atoms with Gasteiger partial charge in [0, 0.05) is 43.1 Å². The first-order valence-corrected chi connectivity index (χ1v) is 30.0. The molecule has 3 aliphatic rings. The molecule has 25 nitrogen and oxygen atoms in total. The number of rotatable bonds is 45. The molecule has 31 heteroatoms. The van der Waals surface area contributed by atoms with E-state index in [4.69, 9.17) is 67.2 Å². The summed E-state index contributed by atoms with van der Waals surface area (Å²) in [6.07, 6.45) is 5.48. The highest BCUT2D eigenvalue weighted by Gasteiger charge is 2.35. The summed E-state index contributed by atoms with van der Waals surface area (Å²) in [5.74, 6) is -12.3. The Labute approximate surface area is 489 Å². The van der Waals surface area contributed by atoms with Crippen molar-refractivity contribution in [2.45, 2.75) is 69.3 Å². The van der Waals surface area contributed by atoms with Crippen LogP contribution in [0.25, 0.3) is 6.08 Å². The minimum Gasteiger partial charge on any atom is -0.446 e. The Hall–Kier alpha value is -5.00. The first-order chi connectivity index (χ1) is 40.5. The van der Waals surface area contributed by atoms with Gasteiger partial charge in [0.25, 0.3) is 5.91 Å². The number of hydrogen-bond donors (Lipinski definition) is 3. The number of hydroxylamine groups is 2. The normalized spacial score (nSPS) is 14.5. The van der Waals surface area contributed by atoms with E-state index in [0.717, 1.165) is 41.1 Å². The zero-order chi connectivity index (χ0) is 60.5. The fraction of sp³-hybridized carbons (Fsp3) is 0.679. The van der Waals surface area contributed by atoms with Crippen molar-refractivity contribution in [3.05, 3.63) is 44.7 Å². The van der Waals surface area contributed by atoms with Gasteiger partial charge in [-0.3, -0.25) is 23.8 Å². The number of thiophene rings is 1. The summed E-state index contributed by atoms with van der Waals surface area (Å²) in [6, 6.07) is 2.00. The molecule has 2 fully saturated rings. The van der Waals surface area contributed by atoms with E-state index < -0.39 is 62.5 Å². The van der Waals surface area contributed by atoms with E-state index in [1.165, 1.54) is 5.06 Å². The summed E-state index contributed by atoms with van der Waals surface area (Å²) >= 11 is 1.56. The number of ether oxygens (including phenoxy) is 12. The Morgan fingerprint density at radius 3 is 1.64 bits per heavy atom. The number of nitrogens with zero attached hydrogens (tertiary/aromatic N) is 3. The maximum Gasteiger partial charge on any atom is 0.407 e. The summed E-state index contributed by atoms with van der Waals surface area (Å²) in [5.41, 5.74) is 7.45. The number of aliphatic imine (C=N–C) groups is 1. The number of amidine groups is 1. The number of benzene rings is 1. The fourth-order valence-corrected chi connectivity index (χ4v) is 9.68. The van der Waals surface area contributed by atoms with Crippen LogP contribution in [0.2, 0.25) is 0 Å². The summed E-state index contributed by atoms with van der Waals surface area (Å²) in [4.78, 5) is 62.1. The number of carbonyl (C=O) groups is 4. The highest BCUT2D eigenvalue weighted by atomic mass is 32.2. The number of hydrogen-bond acceptors (Lipinski definition) is 22. The van der Waals surface area contributed by atoms with E-state index in [2.05, 4.69) is 15.0 Å². The van der Waals surface area contributed by atoms with E-state index >= 15 is 0 Å². The molecule has 0 unspecified atom stereocenters. The molecule has 3 heterocycles. The Balaban J connectivity index is 0.735. The fourth-order valence-electron chi connectivity index (χ4n) is 7.87. The minimum atomic E-state index is -5.65. The average molecular weight is 1240 g/mol. The number of likely N-dealkylation sites (tertiary alicyclic amines) is 1. The van der Waals surface area contributed by atoms with Crippen LogP contribution in [0.15, 0.2) is 21.5 Å². The second-order valence-electron chi connectivity index (χ2n) is 18.9. The lowest BCUT2D eigenvalue weighted by Crippen LogP contribution is -2.50. The van der Waals surface area contributed by atoms with Gasteiger partial charge in [-0.15, -0.1) is 11.3 Å². The maximum atomic E-state index is 14.0. The molecule has 1 aliphatic carbocycles. The lowest BCUT2D eigenvalue weighted by atomic mass is 9.95. The van der Waals surface area contributed by atoms with Crippen molar-refractivity contribution in [3.8, 4) is 5.75 Å². The molecule has 0 atom stereocenters. The first kappa shape index (κ1) is 69.8. The van der Waals surface area contributed by atoms with Gasteiger partial charge in [0.15, 0.2) is 16.5 Å². The van der Waals surface area contributed by atoms with E-state index in [1.54, 1.807) is 11.3 Å². The smallest absolute Gasteiger partial charge is 0.407 e. The van der Waals surface area contributed by atoms with Crippen LogP contribution in [0.1, 0.15) is 61.6 Å². The molecular formula is C53H77F4N5O20S2. The van der Waals surface area contributed by atoms with Crippen LogP contribution in [-0.2, 0) is 87.9 Å². The molecule has 84 heavy (non-hydrogen) atoms. The number of carbonyl (C=O) groups excluding carboxylic acids is 4.